The molecule has 3 N–H and O–H groups in total. The van der Waals surface area contributed by atoms with Crippen LogP contribution in [0.25, 0.3) is 0 Å². The Morgan fingerprint density at radius 3 is 2.25 bits per heavy atom. The maximum absolute atomic E-state index is 12.9. The van der Waals surface area contributed by atoms with Crippen molar-refractivity contribution in [3.8, 4) is 0 Å². The first kappa shape index (κ1) is 27.0. The highest BCUT2D eigenvalue weighted by atomic mass is 16.6. The van der Waals surface area contributed by atoms with Gasteiger partial charge in [-0.05, 0) is 57.4 Å². The number of carboxylic acid groups (broad SMARTS) is 1. The van der Waals surface area contributed by atoms with Gasteiger partial charge in [-0.25, -0.2) is 9.59 Å². The van der Waals surface area contributed by atoms with Crippen molar-refractivity contribution in [1.82, 2.24) is 4.90 Å². The number of ether oxygens (including phenoxy) is 2. The fraction of sp³-hybridized carbons (Fsp3) is 0.444. The molecule has 1 amide bonds. The zero-order valence-corrected chi connectivity index (χ0v) is 21.2. The Bertz CT molecular complexity index is 1060. The summed E-state index contributed by atoms with van der Waals surface area (Å²) < 4.78 is 10.4. The molecule has 36 heavy (non-hydrogen) atoms. The number of carboxylic acids is 1. The third-order valence-corrected chi connectivity index (χ3v) is 6.12. The van der Waals surface area contributed by atoms with Crippen LogP contribution in [0.3, 0.4) is 0 Å². The van der Waals surface area contributed by atoms with Crippen LogP contribution in [0.15, 0.2) is 54.6 Å². The Balaban J connectivity index is 1.69. The van der Waals surface area contributed by atoms with E-state index < -0.39 is 29.1 Å². The molecule has 1 fully saturated rings. The molecule has 9 nitrogen and oxygen atoms in total. The lowest BCUT2D eigenvalue weighted by Crippen LogP contribution is -2.55. The van der Waals surface area contributed by atoms with Crippen molar-refractivity contribution in [2.24, 2.45) is 0 Å². The lowest BCUT2D eigenvalue weighted by molar-refractivity contribution is -0.148. The molecule has 2 aromatic rings. The van der Waals surface area contributed by atoms with Gasteiger partial charge in [-0.2, -0.15) is 0 Å². The SMILES string of the molecule is COC(=O)C1(Nc2cccc(NC(=O)OC(C)(C)C)c2)CCN(CC(C(=O)O)c2ccccc2)CC1. The van der Waals surface area contributed by atoms with Gasteiger partial charge in [-0.15, -0.1) is 0 Å². The van der Waals surface area contributed by atoms with Crippen LogP contribution in [0.1, 0.15) is 45.1 Å². The number of piperidine rings is 1. The minimum atomic E-state index is -0.971. The Kier molecular flexibility index (Phi) is 8.57. The zero-order chi connectivity index (χ0) is 26.3. The molecule has 1 aliphatic rings. The molecule has 0 saturated carbocycles. The molecule has 1 heterocycles. The number of rotatable bonds is 8. The van der Waals surface area contributed by atoms with Gasteiger partial charge in [0.05, 0.1) is 13.0 Å². The number of hydrogen-bond donors (Lipinski definition) is 3. The summed E-state index contributed by atoms with van der Waals surface area (Å²) in [4.78, 5) is 39.0. The summed E-state index contributed by atoms with van der Waals surface area (Å²) >= 11 is 0. The summed E-state index contributed by atoms with van der Waals surface area (Å²) in [6.07, 6.45) is 0.303. The Morgan fingerprint density at radius 1 is 1.03 bits per heavy atom. The summed E-state index contributed by atoms with van der Waals surface area (Å²) in [5.41, 5.74) is 0.334. The molecule has 1 unspecified atom stereocenters. The van der Waals surface area contributed by atoms with Crippen LogP contribution in [0, 0.1) is 0 Å². The van der Waals surface area contributed by atoms with Gasteiger partial charge in [0.1, 0.15) is 11.1 Å². The largest absolute Gasteiger partial charge is 0.481 e. The minimum Gasteiger partial charge on any atom is -0.481 e. The van der Waals surface area contributed by atoms with Gasteiger partial charge in [-0.3, -0.25) is 10.1 Å². The third kappa shape index (κ3) is 7.21. The summed E-state index contributed by atoms with van der Waals surface area (Å²) in [6, 6.07) is 16.2. The third-order valence-electron chi connectivity index (χ3n) is 6.12. The number of methoxy groups -OCH3 is 1. The summed E-state index contributed by atoms with van der Waals surface area (Å²) in [7, 11) is 1.36. The van der Waals surface area contributed by atoms with Crippen LogP contribution in [0.2, 0.25) is 0 Å². The van der Waals surface area contributed by atoms with Gasteiger partial charge >= 0.3 is 18.0 Å². The standard InChI is InChI=1S/C27H35N3O6/c1-26(2,3)36-25(34)28-20-11-8-12-21(17-20)29-27(24(33)35-4)13-15-30(16-14-27)18-22(23(31)32)19-9-6-5-7-10-19/h5-12,17,22,29H,13-16,18H2,1-4H3,(H,28,34)(H,31,32). The molecule has 0 radical (unpaired) electrons. The number of likely N-dealkylation sites (tertiary alicyclic amines) is 1. The molecule has 0 bridgehead atoms. The number of amides is 1. The van der Waals surface area contributed by atoms with Crippen LogP contribution in [-0.2, 0) is 19.1 Å². The number of anilines is 2. The number of carbonyl (C=O) groups excluding carboxylic acids is 2. The quantitative estimate of drug-likeness (QED) is 0.462. The normalized spacial score (nSPS) is 16.4. The fourth-order valence-corrected chi connectivity index (χ4v) is 4.33. The first-order chi connectivity index (χ1) is 17.0. The predicted molar refractivity (Wildman–Crippen MR) is 137 cm³/mol. The van der Waals surface area contributed by atoms with E-state index in [1.165, 1.54) is 7.11 Å². The molecule has 1 atom stereocenters. The molecule has 0 aliphatic carbocycles. The van der Waals surface area contributed by atoms with Crippen molar-refractivity contribution in [2.45, 2.75) is 50.7 Å². The number of esters is 1. The van der Waals surface area contributed by atoms with Gasteiger partial charge < -0.3 is 24.8 Å². The van der Waals surface area contributed by atoms with E-state index in [9.17, 15) is 19.5 Å². The van der Waals surface area contributed by atoms with Gasteiger partial charge in [0.25, 0.3) is 0 Å². The lowest BCUT2D eigenvalue weighted by Gasteiger charge is -2.41. The average molecular weight is 498 g/mol. The summed E-state index contributed by atoms with van der Waals surface area (Å²) in [5.74, 6) is -1.91. The van der Waals surface area contributed by atoms with E-state index in [1.807, 2.05) is 36.4 Å². The van der Waals surface area contributed by atoms with Crippen LogP contribution >= 0.6 is 0 Å². The fourth-order valence-electron chi connectivity index (χ4n) is 4.33. The summed E-state index contributed by atoms with van der Waals surface area (Å²) in [5, 5.41) is 15.8. The number of nitrogens with one attached hydrogen (secondary N) is 2. The maximum atomic E-state index is 12.9. The number of aliphatic carboxylic acids is 1. The second-order valence-corrected chi connectivity index (χ2v) is 10.0. The highest BCUT2D eigenvalue weighted by Crippen LogP contribution is 2.31. The highest BCUT2D eigenvalue weighted by Gasteiger charge is 2.43. The monoisotopic (exact) mass is 497 g/mol. The molecule has 1 saturated heterocycles. The minimum absolute atomic E-state index is 0.353. The molecule has 194 valence electrons. The van der Waals surface area contributed by atoms with E-state index >= 15 is 0 Å². The molecule has 0 spiro atoms. The topological polar surface area (TPSA) is 117 Å². The van der Waals surface area contributed by atoms with Crippen LogP contribution < -0.4 is 10.6 Å². The Morgan fingerprint density at radius 2 is 1.67 bits per heavy atom. The number of hydrogen-bond acceptors (Lipinski definition) is 7. The van der Waals surface area contributed by atoms with Crippen LogP contribution in [0.5, 0.6) is 0 Å². The van der Waals surface area contributed by atoms with Gasteiger partial charge in [0.2, 0.25) is 0 Å². The molecule has 9 heteroatoms. The second-order valence-electron chi connectivity index (χ2n) is 10.0. The van der Waals surface area contributed by atoms with Gasteiger partial charge in [0.15, 0.2) is 0 Å². The van der Waals surface area contributed by atoms with Crippen molar-refractivity contribution in [2.75, 3.05) is 37.4 Å². The molecule has 0 aromatic heterocycles. The molecular formula is C27H35N3O6. The first-order valence-corrected chi connectivity index (χ1v) is 12.0. The van der Waals surface area contributed by atoms with Crippen molar-refractivity contribution in [1.29, 1.82) is 0 Å². The lowest BCUT2D eigenvalue weighted by atomic mass is 9.86. The van der Waals surface area contributed by atoms with E-state index in [4.69, 9.17) is 9.47 Å². The van der Waals surface area contributed by atoms with Gasteiger partial charge in [0, 0.05) is 31.0 Å². The molecule has 3 rings (SSSR count). The van der Waals surface area contributed by atoms with E-state index in [0.29, 0.717) is 43.9 Å². The predicted octanol–water partition coefficient (Wildman–Crippen LogP) is 4.32. The number of nitrogens with zero attached hydrogens (tertiary/aromatic N) is 1. The molecule has 2 aromatic carbocycles. The molecular weight excluding hydrogens is 462 g/mol. The van der Waals surface area contributed by atoms with Crippen molar-refractivity contribution < 1.29 is 29.0 Å². The molecule has 1 aliphatic heterocycles. The number of benzene rings is 2. The van der Waals surface area contributed by atoms with Crippen LogP contribution in [-0.4, -0.2) is 65.9 Å². The smallest absolute Gasteiger partial charge is 0.412 e. The Hall–Kier alpha value is -3.59. The van der Waals surface area contributed by atoms with Crippen molar-refractivity contribution in [3.63, 3.8) is 0 Å². The van der Waals surface area contributed by atoms with E-state index in [-0.39, 0.29) is 5.97 Å². The van der Waals surface area contributed by atoms with Crippen molar-refractivity contribution in [3.05, 3.63) is 60.2 Å². The first-order valence-electron chi connectivity index (χ1n) is 12.0. The maximum Gasteiger partial charge on any atom is 0.412 e. The van der Waals surface area contributed by atoms with Crippen LogP contribution in [0.4, 0.5) is 16.2 Å². The number of carbonyl (C=O) groups is 3. The highest BCUT2D eigenvalue weighted by molar-refractivity contribution is 5.87. The average Bonchev–Trinajstić information content (AvgIpc) is 2.82. The van der Waals surface area contributed by atoms with E-state index in [0.717, 1.165) is 5.56 Å². The summed E-state index contributed by atoms with van der Waals surface area (Å²) in [6.45, 7) is 6.76. The second kappa shape index (κ2) is 11.4. The van der Waals surface area contributed by atoms with E-state index in [1.54, 1.807) is 39.0 Å². The van der Waals surface area contributed by atoms with Gasteiger partial charge in [-0.1, -0.05) is 36.4 Å². The van der Waals surface area contributed by atoms with Crippen molar-refractivity contribution >= 4 is 29.4 Å². The Labute approximate surface area is 211 Å². The van der Waals surface area contributed by atoms with E-state index in [2.05, 4.69) is 15.5 Å². The zero-order valence-electron chi connectivity index (χ0n) is 21.2.